The summed E-state index contributed by atoms with van der Waals surface area (Å²) in [6.07, 6.45) is 5.35. The van der Waals surface area contributed by atoms with Gasteiger partial charge in [-0.05, 0) is 162 Å². The number of esters is 6. The Kier molecular flexibility index (Phi) is 17.0. The monoisotopic (exact) mass is 850 g/mol. The quantitative estimate of drug-likeness (QED) is 0.0559. The van der Waals surface area contributed by atoms with Gasteiger partial charge in [-0.15, -0.1) is 0 Å². The van der Waals surface area contributed by atoms with E-state index in [4.69, 9.17) is 28.4 Å². The largest absolute Gasteiger partial charge is 0.462 e. The number of rotatable bonds is 18. The van der Waals surface area contributed by atoms with E-state index < -0.39 is 88.7 Å². The fourth-order valence-corrected chi connectivity index (χ4v) is 7.57. The maximum atomic E-state index is 14.0. The molecular formula is C48H66O13. The van der Waals surface area contributed by atoms with Crippen LogP contribution in [0.25, 0.3) is 0 Å². The van der Waals surface area contributed by atoms with Crippen LogP contribution in [0.3, 0.4) is 0 Å². The Bertz CT molecular complexity index is 1860. The molecule has 3 rings (SSSR count). The Labute approximate surface area is 361 Å². The Morgan fingerprint density at radius 2 is 0.574 bits per heavy atom. The second-order valence-electron chi connectivity index (χ2n) is 18.2. The molecule has 13 nitrogen and oxygen atoms in total. The van der Waals surface area contributed by atoms with E-state index in [9.17, 15) is 33.6 Å². The SMILES string of the molecule is CC(C)=CC1=C(/C=C/C2=C(/C=C/C3=C(C=O)CC(C(=O)OC(C)C)(C(=O)OC(C)C)C3)CC(C(=O)OC(C)C)(C(=O)OC(C)C)C2)CC(C(=O)OC(C)C)(C(=O)OC(C)C)C1. The van der Waals surface area contributed by atoms with Crippen molar-refractivity contribution in [2.24, 2.45) is 16.2 Å². The molecule has 0 spiro atoms. The van der Waals surface area contributed by atoms with Gasteiger partial charge in [0.25, 0.3) is 0 Å². The molecule has 0 radical (unpaired) electrons. The highest BCUT2D eigenvalue weighted by Crippen LogP contribution is 2.50. The minimum absolute atomic E-state index is 0.0228. The first-order valence-corrected chi connectivity index (χ1v) is 21.2. The fourth-order valence-electron chi connectivity index (χ4n) is 7.57. The van der Waals surface area contributed by atoms with Crippen molar-refractivity contribution in [3.05, 3.63) is 69.4 Å². The van der Waals surface area contributed by atoms with E-state index in [1.165, 1.54) is 0 Å². The summed E-state index contributed by atoms with van der Waals surface area (Å²) in [5.41, 5.74) is -1.38. The highest BCUT2D eigenvalue weighted by atomic mass is 16.6. The molecule has 0 aromatic heterocycles. The van der Waals surface area contributed by atoms with Gasteiger partial charge in [0, 0.05) is 6.42 Å². The third-order valence-corrected chi connectivity index (χ3v) is 10.2. The number of allylic oxidation sites excluding steroid dienone is 12. The van der Waals surface area contributed by atoms with E-state index >= 15 is 0 Å². The number of ether oxygens (including phenoxy) is 6. The minimum Gasteiger partial charge on any atom is -0.462 e. The molecule has 61 heavy (non-hydrogen) atoms. The van der Waals surface area contributed by atoms with Crippen molar-refractivity contribution in [1.82, 2.24) is 0 Å². The van der Waals surface area contributed by atoms with Crippen molar-refractivity contribution in [1.29, 1.82) is 0 Å². The van der Waals surface area contributed by atoms with E-state index in [0.717, 1.165) is 5.57 Å². The average Bonchev–Trinajstić information content (AvgIpc) is 3.81. The molecule has 0 amide bonds. The summed E-state index contributed by atoms with van der Waals surface area (Å²) in [6.45, 7) is 24.0. The van der Waals surface area contributed by atoms with Crippen LogP contribution in [0.4, 0.5) is 0 Å². The molecule has 0 saturated heterocycles. The van der Waals surface area contributed by atoms with Crippen molar-refractivity contribution in [3.63, 3.8) is 0 Å². The number of hydrogen-bond donors (Lipinski definition) is 0. The van der Waals surface area contributed by atoms with E-state index in [1.807, 2.05) is 19.9 Å². The molecule has 0 heterocycles. The standard InChI is InChI=1S/C48H66O13/c1-27(2)19-38-24-47(42(52)58-30(7)8,43(53)59-31(9)10)22-36(38)17-15-34-20-46(40(50)56-28(3)4,41(51)57-29(5)6)21-35(34)16-18-37-23-48(25-39(37)26-49,44(54)60-32(11)12)45(55)61-33(13)14/h15-19,26,28-33H,20-25H2,1-14H3/b17-15+,18-16+. The number of carbonyl (C=O) groups excluding carboxylic acids is 7. The molecule has 0 saturated carbocycles. The van der Waals surface area contributed by atoms with Gasteiger partial charge in [0.15, 0.2) is 16.2 Å². The van der Waals surface area contributed by atoms with Crippen LogP contribution in [0, 0.1) is 16.2 Å². The predicted octanol–water partition coefficient (Wildman–Crippen LogP) is 8.20. The lowest BCUT2D eigenvalue weighted by atomic mass is 9.82. The van der Waals surface area contributed by atoms with E-state index in [1.54, 1.807) is 107 Å². The van der Waals surface area contributed by atoms with Crippen LogP contribution in [0.1, 0.15) is 135 Å². The topological polar surface area (TPSA) is 175 Å². The predicted molar refractivity (Wildman–Crippen MR) is 227 cm³/mol. The van der Waals surface area contributed by atoms with Gasteiger partial charge in [0.05, 0.1) is 36.6 Å². The molecule has 0 atom stereocenters. The first-order valence-electron chi connectivity index (χ1n) is 21.2. The van der Waals surface area contributed by atoms with Crippen LogP contribution in [-0.4, -0.2) is 78.7 Å². The minimum atomic E-state index is -1.81. The van der Waals surface area contributed by atoms with Gasteiger partial charge in [-0.25, -0.2) is 0 Å². The smallest absolute Gasteiger partial charge is 0.324 e. The summed E-state index contributed by atoms with van der Waals surface area (Å²) in [4.78, 5) is 95.4. The van der Waals surface area contributed by atoms with Crippen LogP contribution in [0.2, 0.25) is 0 Å². The second kappa shape index (κ2) is 20.7. The zero-order valence-electron chi connectivity index (χ0n) is 38.5. The van der Waals surface area contributed by atoms with Gasteiger partial charge >= 0.3 is 35.8 Å². The van der Waals surface area contributed by atoms with Crippen LogP contribution in [-0.2, 0) is 62.0 Å². The van der Waals surface area contributed by atoms with E-state index in [2.05, 4.69) is 0 Å². The molecule has 3 aliphatic carbocycles. The van der Waals surface area contributed by atoms with Crippen LogP contribution in [0.5, 0.6) is 0 Å². The van der Waals surface area contributed by atoms with E-state index in [-0.39, 0.29) is 44.1 Å². The maximum absolute atomic E-state index is 14.0. The van der Waals surface area contributed by atoms with Crippen molar-refractivity contribution in [2.75, 3.05) is 0 Å². The van der Waals surface area contributed by atoms with Gasteiger partial charge in [-0.2, -0.15) is 0 Å². The molecule has 0 N–H and O–H groups in total. The number of hydrogen-bond acceptors (Lipinski definition) is 13. The molecule has 0 bridgehead atoms. The Balaban J connectivity index is 2.27. The van der Waals surface area contributed by atoms with Crippen LogP contribution in [0.15, 0.2) is 69.4 Å². The molecule has 3 aliphatic rings. The lowest BCUT2D eigenvalue weighted by Gasteiger charge is -2.27. The summed E-state index contributed by atoms with van der Waals surface area (Å²) >= 11 is 0. The second-order valence-corrected chi connectivity index (χ2v) is 18.2. The number of aldehydes is 1. The van der Waals surface area contributed by atoms with Gasteiger partial charge in [-0.3, -0.25) is 33.6 Å². The third kappa shape index (κ3) is 12.1. The molecule has 0 aliphatic heterocycles. The number of carbonyl (C=O) groups is 7. The summed E-state index contributed by atoms with van der Waals surface area (Å²) < 4.78 is 33.7. The van der Waals surface area contributed by atoms with Gasteiger partial charge in [-0.1, -0.05) is 36.0 Å². The Morgan fingerprint density at radius 3 is 0.787 bits per heavy atom. The van der Waals surface area contributed by atoms with Gasteiger partial charge in [0.2, 0.25) is 0 Å². The first kappa shape index (κ1) is 50.3. The molecular weight excluding hydrogens is 785 g/mol. The molecule has 0 aromatic rings. The van der Waals surface area contributed by atoms with Crippen molar-refractivity contribution in [2.45, 2.75) is 172 Å². The zero-order chi connectivity index (χ0) is 46.2. The van der Waals surface area contributed by atoms with Crippen molar-refractivity contribution in [3.8, 4) is 0 Å². The third-order valence-electron chi connectivity index (χ3n) is 10.2. The summed E-state index contributed by atoms with van der Waals surface area (Å²) in [7, 11) is 0. The lowest BCUT2D eigenvalue weighted by Crippen LogP contribution is -2.42. The Morgan fingerprint density at radius 1 is 0.377 bits per heavy atom. The first-order chi connectivity index (χ1) is 28.3. The highest BCUT2D eigenvalue weighted by Gasteiger charge is 2.56. The summed E-state index contributed by atoms with van der Waals surface area (Å²) in [6, 6.07) is 0. The molecule has 0 fully saturated rings. The van der Waals surface area contributed by atoms with Crippen LogP contribution < -0.4 is 0 Å². The molecule has 0 unspecified atom stereocenters. The molecule has 336 valence electrons. The average molecular weight is 851 g/mol. The van der Waals surface area contributed by atoms with Crippen molar-refractivity contribution >= 4 is 42.1 Å². The lowest BCUT2D eigenvalue weighted by molar-refractivity contribution is -0.178. The van der Waals surface area contributed by atoms with Crippen LogP contribution >= 0.6 is 0 Å². The van der Waals surface area contributed by atoms with Crippen molar-refractivity contribution < 1.29 is 62.0 Å². The Hall–Kier alpha value is -5.07. The normalized spacial score (nSPS) is 18.4. The highest BCUT2D eigenvalue weighted by molar-refractivity contribution is 6.04. The maximum Gasteiger partial charge on any atom is 0.324 e. The zero-order valence-corrected chi connectivity index (χ0v) is 38.5. The van der Waals surface area contributed by atoms with E-state index in [0.29, 0.717) is 34.2 Å². The van der Waals surface area contributed by atoms with Gasteiger partial charge < -0.3 is 28.4 Å². The molecule has 13 heteroatoms. The summed E-state index contributed by atoms with van der Waals surface area (Å²) in [5.74, 6) is -4.58. The summed E-state index contributed by atoms with van der Waals surface area (Å²) in [5, 5.41) is 0. The molecule has 0 aromatic carbocycles. The van der Waals surface area contributed by atoms with Gasteiger partial charge in [0.1, 0.15) is 6.29 Å². The fraction of sp³-hybridized carbons (Fsp3) is 0.604.